The van der Waals surface area contributed by atoms with Crippen molar-refractivity contribution in [3.05, 3.63) is 46.1 Å². The monoisotopic (exact) mass is 494 g/mol. The van der Waals surface area contributed by atoms with Gasteiger partial charge in [0.15, 0.2) is 0 Å². The van der Waals surface area contributed by atoms with Crippen LogP contribution in [0.1, 0.15) is 47.5 Å². The molecule has 4 rings (SSSR count). The van der Waals surface area contributed by atoms with Crippen molar-refractivity contribution in [1.29, 1.82) is 0 Å². The van der Waals surface area contributed by atoms with E-state index in [1.807, 2.05) is 0 Å². The predicted molar refractivity (Wildman–Crippen MR) is 124 cm³/mol. The van der Waals surface area contributed by atoms with E-state index in [2.05, 4.69) is 24.1 Å². The zero-order valence-electron chi connectivity index (χ0n) is 18.5. The lowest BCUT2D eigenvalue weighted by Gasteiger charge is -2.30. The van der Waals surface area contributed by atoms with Crippen LogP contribution in [0.5, 0.6) is 0 Å². The molecule has 0 aliphatic carbocycles. The maximum Gasteiger partial charge on any atom is 0.251 e. The Bertz CT molecular complexity index is 1180. The Morgan fingerprint density at radius 3 is 2.55 bits per heavy atom. The number of carbonyl (C=O) groups excluding carboxylic acids is 2. The summed E-state index contributed by atoms with van der Waals surface area (Å²) >= 11 is 1.32. The van der Waals surface area contributed by atoms with Gasteiger partial charge in [-0.05, 0) is 62.9 Å². The van der Waals surface area contributed by atoms with E-state index in [9.17, 15) is 22.4 Å². The highest BCUT2D eigenvalue weighted by atomic mass is 32.2. The zero-order valence-corrected chi connectivity index (χ0v) is 20.1. The average molecular weight is 495 g/mol. The lowest BCUT2D eigenvalue weighted by Crippen LogP contribution is -2.43. The highest BCUT2D eigenvalue weighted by molar-refractivity contribution is 7.89. The van der Waals surface area contributed by atoms with Crippen LogP contribution in [0.2, 0.25) is 0 Å². The average Bonchev–Trinajstić information content (AvgIpc) is 3.38. The van der Waals surface area contributed by atoms with Crippen LogP contribution in [0, 0.1) is 5.82 Å². The third-order valence-electron chi connectivity index (χ3n) is 6.23. The van der Waals surface area contributed by atoms with Gasteiger partial charge >= 0.3 is 0 Å². The molecule has 33 heavy (non-hydrogen) atoms. The number of thiophene rings is 1. The molecule has 1 aromatic heterocycles. The van der Waals surface area contributed by atoms with Gasteiger partial charge in [0, 0.05) is 30.6 Å². The van der Waals surface area contributed by atoms with Gasteiger partial charge in [-0.1, -0.05) is 0 Å². The second-order valence-corrected chi connectivity index (χ2v) is 11.6. The number of anilines is 1. The highest BCUT2D eigenvalue weighted by Gasteiger charge is 2.40. The van der Waals surface area contributed by atoms with Crippen LogP contribution in [0.3, 0.4) is 0 Å². The molecule has 3 N–H and O–H groups in total. The second-order valence-electron chi connectivity index (χ2n) is 8.60. The smallest absolute Gasteiger partial charge is 0.251 e. The molecule has 8 nitrogen and oxygen atoms in total. The van der Waals surface area contributed by atoms with Crippen LogP contribution in [0.25, 0.3) is 0 Å². The maximum atomic E-state index is 13.3. The van der Waals surface area contributed by atoms with Gasteiger partial charge in [-0.25, -0.2) is 12.8 Å². The molecular formula is C22H27FN4O4S2. The standard InChI is InChI=1S/C22H27FN4O4S2/c1-13(2)26-11-9-16-18(12-26)32-22(19(16)20(24)28)25-21(29)17-4-3-10-27(17)33(30,31)15-7-5-14(23)6-8-15/h5-8,13,17H,3-4,9-12H2,1-2H3,(H2,24,28)(H,25,29). The number of nitrogens with one attached hydrogen (secondary N) is 1. The van der Waals surface area contributed by atoms with Crippen molar-refractivity contribution < 1.29 is 22.4 Å². The van der Waals surface area contributed by atoms with Crippen molar-refractivity contribution in [2.45, 2.75) is 56.6 Å². The van der Waals surface area contributed by atoms with Gasteiger partial charge in [-0.3, -0.25) is 14.5 Å². The van der Waals surface area contributed by atoms with Crippen molar-refractivity contribution in [2.24, 2.45) is 5.73 Å². The Kier molecular flexibility index (Phi) is 6.59. The van der Waals surface area contributed by atoms with E-state index in [-0.39, 0.29) is 11.4 Å². The molecule has 11 heteroatoms. The van der Waals surface area contributed by atoms with Crippen molar-refractivity contribution >= 4 is 38.2 Å². The summed E-state index contributed by atoms with van der Waals surface area (Å²) in [6.45, 7) is 5.85. The lowest BCUT2D eigenvalue weighted by molar-refractivity contribution is -0.119. The molecule has 0 radical (unpaired) electrons. The quantitative estimate of drug-likeness (QED) is 0.641. The van der Waals surface area contributed by atoms with Gasteiger partial charge in [0.25, 0.3) is 5.91 Å². The molecule has 2 aliphatic rings. The Labute approximate surface area is 196 Å². The summed E-state index contributed by atoms with van der Waals surface area (Å²) in [5.41, 5.74) is 6.84. The molecule has 178 valence electrons. The zero-order chi connectivity index (χ0) is 23.9. The van der Waals surface area contributed by atoms with Crippen LogP contribution < -0.4 is 11.1 Å². The van der Waals surface area contributed by atoms with Crippen LogP contribution in [-0.4, -0.2) is 54.6 Å². The summed E-state index contributed by atoms with van der Waals surface area (Å²) in [5.74, 6) is -1.65. The number of carbonyl (C=O) groups is 2. The minimum absolute atomic E-state index is 0.0678. The van der Waals surface area contributed by atoms with Gasteiger partial charge in [0.2, 0.25) is 15.9 Å². The molecule has 2 amide bonds. The number of nitrogens with two attached hydrogens (primary N) is 1. The normalized spacial score (nSPS) is 19.6. The topological polar surface area (TPSA) is 113 Å². The van der Waals surface area contributed by atoms with Crippen molar-refractivity contribution in [3.63, 3.8) is 0 Å². The molecule has 1 saturated heterocycles. The first-order valence-electron chi connectivity index (χ1n) is 10.9. The third kappa shape index (κ3) is 4.54. The minimum Gasteiger partial charge on any atom is -0.365 e. The van der Waals surface area contributed by atoms with Gasteiger partial charge in [-0.15, -0.1) is 11.3 Å². The van der Waals surface area contributed by atoms with Crippen molar-refractivity contribution in [1.82, 2.24) is 9.21 Å². The van der Waals surface area contributed by atoms with E-state index < -0.39 is 33.7 Å². The number of hydrogen-bond donors (Lipinski definition) is 2. The summed E-state index contributed by atoms with van der Waals surface area (Å²) in [6.07, 6.45) is 1.53. The number of nitrogens with zero attached hydrogens (tertiary/aromatic N) is 2. The van der Waals surface area contributed by atoms with Gasteiger partial charge < -0.3 is 11.1 Å². The van der Waals surface area contributed by atoms with Gasteiger partial charge in [0.05, 0.1) is 10.5 Å². The lowest BCUT2D eigenvalue weighted by atomic mass is 10.0. The van der Waals surface area contributed by atoms with Crippen LogP contribution in [0.15, 0.2) is 29.2 Å². The summed E-state index contributed by atoms with van der Waals surface area (Å²) in [7, 11) is -3.98. The number of amides is 2. The van der Waals surface area contributed by atoms with Crippen LogP contribution in [0.4, 0.5) is 9.39 Å². The predicted octanol–water partition coefficient (Wildman–Crippen LogP) is 2.54. The highest BCUT2D eigenvalue weighted by Crippen LogP contribution is 2.38. The number of hydrogen-bond acceptors (Lipinski definition) is 6. The number of fused-ring (bicyclic) bond motifs is 1. The van der Waals surface area contributed by atoms with E-state index in [4.69, 9.17) is 5.73 Å². The van der Waals surface area contributed by atoms with Crippen LogP contribution in [-0.2, 0) is 27.8 Å². The number of halogens is 1. The van der Waals surface area contributed by atoms with Gasteiger partial charge in [0.1, 0.15) is 16.9 Å². The molecule has 1 unspecified atom stereocenters. The molecule has 1 atom stereocenters. The van der Waals surface area contributed by atoms with E-state index in [1.165, 1.54) is 23.5 Å². The molecule has 0 bridgehead atoms. The maximum absolute atomic E-state index is 13.3. The fourth-order valence-electron chi connectivity index (χ4n) is 4.44. The Balaban J connectivity index is 1.59. The molecule has 2 aromatic rings. The second kappa shape index (κ2) is 9.13. The number of sulfonamides is 1. The molecule has 3 heterocycles. The first-order valence-corrected chi connectivity index (χ1v) is 13.1. The fourth-order valence-corrected chi connectivity index (χ4v) is 7.38. The number of primary amides is 1. The van der Waals surface area contributed by atoms with E-state index in [1.54, 1.807) is 0 Å². The molecule has 0 spiro atoms. The summed E-state index contributed by atoms with van der Waals surface area (Å²) < 4.78 is 40.6. The van der Waals surface area contributed by atoms with E-state index >= 15 is 0 Å². The molecule has 0 saturated carbocycles. The van der Waals surface area contributed by atoms with Crippen molar-refractivity contribution in [3.8, 4) is 0 Å². The van der Waals surface area contributed by atoms with E-state index in [0.29, 0.717) is 42.4 Å². The third-order valence-corrected chi connectivity index (χ3v) is 9.28. The first-order chi connectivity index (χ1) is 15.6. The number of rotatable bonds is 6. The SMILES string of the molecule is CC(C)N1CCc2c(sc(NC(=O)C3CCCN3S(=O)(=O)c3ccc(F)cc3)c2C(N)=O)C1. The fraction of sp³-hybridized carbons (Fsp3) is 0.455. The summed E-state index contributed by atoms with van der Waals surface area (Å²) in [5, 5.41) is 3.16. The molecular weight excluding hydrogens is 467 g/mol. The first kappa shape index (κ1) is 23.8. The van der Waals surface area contributed by atoms with Crippen molar-refractivity contribution in [2.75, 3.05) is 18.4 Å². The molecule has 1 aromatic carbocycles. The Hall–Kier alpha value is -2.34. The summed E-state index contributed by atoms with van der Waals surface area (Å²) in [6, 6.07) is 3.96. The largest absolute Gasteiger partial charge is 0.365 e. The molecule has 2 aliphatic heterocycles. The number of benzene rings is 1. The molecule has 1 fully saturated rings. The Morgan fingerprint density at radius 2 is 1.91 bits per heavy atom. The van der Waals surface area contributed by atoms with Crippen LogP contribution >= 0.6 is 11.3 Å². The van der Waals surface area contributed by atoms with E-state index in [0.717, 1.165) is 33.4 Å². The Morgan fingerprint density at radius 1 is 1.21 bits per heavy atom. The minimum atomic E-state index is -3.98. The summed E-state index contributed by atoms with van der Waals surface area (Å²) in [4.78, 5) is 28.6. The van der Waals surface area contributed by atoms with Gasteiger partial charge in [-0.2, -0.15) is 4.31 Å².